The molecule has 0 unspecified atom stereocenters. The lowest BCUT2D eigenvalue weighted by atomic mass is 9.80. The Balaban J connectivity index is 5.02. The monoisotopic (exact) mass is 430 g/mol. The van der Waals surface area contributed by atoms with Crippen LogP contribution in [-0.2, 0) is 20.2 Å². The minimum Gasteiger partial charge on any atom is -0.748 e. The molecule has 0 aromatic rings. The summed E-state index contributed by atoms with van der Waals surface area (Å²) in [6.07, 6.45) is 2.54. The molecule has 0 heterocycles. The van der Waals surface area contributed by atoms with E-state index in [1.807, 2.05) is 28.2 Å². The summed E-state index contributed by atoms with van der Waals surface area (Å²) < 4.78 is 66.3. The van der Waals surface area contributed by atoms with E-state index >= 15 is 0 Å². The van der Waals surface area contributed by atoms with Crippen molar-refractivity contribution in [3.8, 4) is 0 Å². The Hall–Kier alpha value is -0.260. The van der Waals surface area contributed by atoms with Crippen molar-refractivity contribution in [2.45, 2.75) is 39.5 Å². The molecule has 0 fully saturated rings. The van der Waals surface area contributed by atoms with E-state index in [-0.39, 0.29) is 16.9 Å². The predicted octanol–water partition coefficient (Wildman–Crippen LogP) is 0.816. The smallest absolute Gasteiger partial charge is 0.0948 e. The van der Waals surface area contributed by atoms with Crippen LogP contribution in [0, 0.1) is 5.41 Å². The zero-order valence-electron chi connectivity index (χ0n) is 17.7. The molecule has 0 atom stereocenters. The Labute approximate surface area is 166 Å². The van der Waals surface area contributed by atoms with Crippen LogP contribution in [-0.4, -0.2) is 101 Å². The maximum atomic E-state index is 10.8. The summed E-state index contributed by atoms with van der Waals surface area (Å²) in [5.41, 5.74) is -0.000318. The molecule has 0 saturated carbocycles. The SMILES string of the molecule is CCC(CC)(C[N+](C)(C)CCCS(=O)(=O)[O-])C[N+](C)(C)CCCS(=O)(=O)[O-]. The van der Waals surface area contributed by atoms with Crippen LogP contribution >= 0.6 is 0 Å². The van der Waals surface area contributed by atoms with Crippen LogP contribution in [0.25, 0.3) is 0 Å². The highest BCUT2D eigenvalue weighted by molar-refractivity contribution is 7.85. The van der Waals surface area contributed by atoms with Crippen LogP contribution in [0.4, 0.5) is 0 Å². The second kappa shape index (κ2) is 9.98. The Kier molecular flexibility index (Phi) is 9.88. The molecule has 0 bridgehead atoms. The van der Waals surface area contributed by atoms with Crippen molar-refractivity contribution in [3.63, 3.8) is 0 Å². The molecule has 0 rings (SSSR count). The number of rotatable bonds is 14. The Morgan fingerprint density at radius 1 is 0.704 bits per heavy atom. The van der Waals surface area contributed by atoms with Crippen LogP contribution in [0.15, 0.2) is 0 Å². The molecule has 0 aromatic heterocycles. The predicted molar refractivity (Wildman–Crippen MR) is 105 cm³/mol. The molecule has 0 aromatic carbocycles. The van der Waals surface area contributed by atoms with Crippen LogP contribution in [0.3, 0.4) is 0 Å². The molecule has 0 saturated heterocycles. The number of quaternary nitrogens is 2. The molecule has 0 aliphatic carbocycles. The first-order valence-corrected chi connectivity index (χ1v) is 12.6. The van der Waals surface area contributed by atoms with Gasteiger partial charge in [-0.05, 0) is 12.8 Å². The van der Waals surface area contributed by atoms with Crippen LogP contribution in [0.5, 0.6) is 0 Å². The van der Waals surface area contributed by atoms with E-state index in [1.54, 1.807) is 0 Å². The minimum absolute atomic E-state index is 0.000318. The Morgan fingerprint density at radius 3 is 1.22 bits per heavy atom. The van der Waals surface area contributed by atoms with Crippen molar-refractivity contribution in [3.05, 3.63) is 0 Å². The van der Waals surface area contributed by atoms with Gasteiger partial charge in [0.15, 0.2) is 0 Å². The lowest BCUT2D eigenvalue weighted by Gasteiger charge is -2.45. The van der Waals surface area contributed by atoms with Crippen molar-refractivity contribution >= 4 is 20.2 Å². The molecule has 0 amide bonds. The lowest BCUT2D eigenvalue weighted by molar-refractivity contribution is -0.921. The molecule has 10 heteroatoms. The number of hydrogen-bond acceptors (Lipinski definition) is 6. The normalized spacial score (nSPS) is 14.5. The average molecular weight is 431 g/mol. The van der Waals surface area contributed by atoms with Gasteiger partial charge in [-0.15, -0.1) is 0 Å². The fourth-order valence-electron chi connectivity index (χ4n) is 4.06. The summed E-state index contributed by atoms with van der Waals surface area (Å²) in [4.78, 5) is 0. The van der Waals surface area contributed by atoms with E-state index in [0.717, 1.165) is 25.9 Å². The van der Waals surface area contributed by atoms with Crippen molar-refractivity contribution in [1.29, 1.82) is 0 Å². The third-order valence-corrected chi connectivity index (χ3v) is 6.92. The summed E-state index contributed by atoms with van der Waals surface area (Å²) in [6, 6.07) is 0. The molecule has 0 spiro atoms. The quantitative estimate of drug-likeness (QED) is 0.298. The highest BCUT2D eigenvalue weighted by Gasteiger charge is 2.40. The second-order valence-electron chi connectivity index (χ2n) is 9.07. The zero-order valence-corrected chi connectivity index (χ0v) is 19.4. The third-order valence-electron chi connectivity index (χ3n) is 5.34. The number of nitrogens with zero attached hydrogens (tertiary/aromatic N) is 2. The first kappa shape index (κ1) is 26.7. The average Bonchev–Trinajstić information content (AvgIpc) is 2.42. The van der Waals surface area contributed by atoms with Gasteiger partial charge in [-0.1, -0.05) is 13.8 Å². The highest BCUT2D eigenvalue weighted by atomic mass is 32.2. The van der Waals surface area contributed by atoms with Gasteiger partial charge in [-0.3, -0.25) is 0 Å². The van der Waals surface area contributed by atoms with Crippen LogP contribution in [0.2, 0.25) is 0 Å². The summed E-state index contributed by atoms with van der Waals surface area (Å²) >= 11 is 0. The maximum absolute atomic E-state index is 10.8. The van der Waals surface area contributed by atoms with Gasteiger partial charge >= 0.3 is 0 Å². The fraction of sp³-hybridized carbons (Fsp3) is 1.00. The van der Waals surface area contributed by atoms with Gasteiger partial charge in [0.1, 0.15) is 0 Å². The molecule has 164 valence electrons. The fourth-order valence-corrected chi connectivity index (χ4v) is 5.03. The Morgan fingerprint density at radius 2 is 1.00 bits per heavy atom. The van der Waals surface area contributed by atoms with Crippen LogP contribution < -0.4 is 0 Å². The summed E-state index contributed by atoms with van der Waals surface area (Å²) in [6.45, 7) is 7.14. The van der Waals surface area contributed by atoms with Crippen molar-refractivity contribution in [1.82, 2.24) is 0 Å². The van der Waals surface area contributed by atoms with Crippen molar-refractivity contribution in [2.75, 3.05) is 65.9 Å². The van der Waals surface area contributed by atoms with Crippen molar-refractivity contribution < 1.29 is 34.9 Å². The van der Waals surface area contributed by atoms with E-state index in [9.17, 15) is 25.9 Å². The van der Waals surface area contributed by atoms with Gasteiger partial charge in [0.25, 0.3) is 0 Å². The van der Waals surface area contributed by atoms with Crippen LogP contribution in [0.1, 0.15) is 39.5 Å². The van der Waals surface area contributed by atoms with Gasteiger partial charge in [0.2, 0.25) is 0 Å². The van der Waals surface area contributed by atoms with Gasteiger partial charge in [-0.2, -0.15) is 0 Å². The van der Waals surface area contributed by atoms with Gasteiger partial charge in [0, 0.05) is 24.3 Å². The van der Waals surface area contributed by atoms with E-state index in [4.69, 9.17) is 0 Å². The van der Waals surface area contributed by atoms with Gasteiger partial charge < -0.3 is 18.1 Å². The maximum Gasteiger partial charge on any atom is 0.0948 e. The summed E-state index contributed by atoms with van der Waals surface area (Å²) in [7, 11) is -0.208. The summed E-state index contributed by atoms with van der Waals surface area (Å²) in [5, 5.41) is 0. The summed E-state index contributed by atoms with van der Waals surface area (Å²) in [5.74, 6) is -0.684. The van der Waals surface area contributed by atoms with Gasteiger partial charge in [0.05, 0.1) is 80.0 Å². The van der Waals surface area contributed by atoms with Gasteiger partial charge in [-0.25, -0.2) is 16.8 Å². The van der Waals surface area contributed by atoms with E-state index in [1.165, 1.54) is 0 Å². The topological polar surface area (TPSA) is 114 Å². The lowest BCUT2D eigenvalue weighted by Crippen LogP contribution is -2.56. The number of hydrogen-bond donors (Lipinski definition) is 0. The molecular formula is C17H38N2O6S2. The minimum atomic E-state index is -4.19. The molecule has 27 heavy (non-hydrogen) atoms. The van der Waals surface area contributed by atoms with E-state index < -0.39 is 20.2 Å². The first-order valence-electron chi connectivity index (χ1n) is 9.46. The standard InChI is InChI=1S/C17H38N2O6S2/c1-7-17(8-2,15-18(3,4)11-9-13-26(20,21)22)16-19(5,6)12-10-14-27(23,24)25/h7-16H2,1-6H3. The largest absolute Gasteiger partial charge is 0.748 e. The van der Waals surface area contributed by atoms with Crippen molar-refractivity contribution in [2.24, 2.45) is 5.41 Å². The molecule has 0 radical (unpaired) electrons. The molecule has 0 N–H and O–H groups in total. The Bertz CT molecular complexity index is 599. The van der Waals surface area contributed by atoms with E-state index in [2.05, 4.69) is 13.8 Å². The molecule has 8 nitrogen and oxygen atoms in total. The third kappa shape index (κ3) is 12.7. The second-order valence-corrected chi connectivity index (χ2v) is 12.1. The molecule has 0 aliphatic rings. The molecular weight excluding hydrogens is 392 g/mol. The first-order chi connectivity index (χ1) is 11.9. The molecule has 0 aliphatic heterocycles. The highest BCUT2D eigenvalue weighted by Crippen LogP contribution is 2.32. The van der Waals surface area contributed by atoms with E-state index in [0.29, 0.717) is 34.9 Å². The zero-order chi connectivity index (χ0) is 21.6.